The summed E-state index contributed by atoms with van der Waals surface area (Å²) in [6, 6.07) is 10.3. The smallest absolute Gasteiger partial charge is 0.264 e. The molecule has 2 aliphatic rings. The molecule has 2 atom stereocenters. The molecule has 27 heavy (non-hydrogen) atoms. The zero-order valence-corrected chi connectivity index (χ0v) is 17.0. The fourth-order valence-corrected chi connectivity index (χ4v) is 6.68. The molecule has 0 amide bonds. The SMILES string of the molecule is COc1cc(OC)c2c(c1)N(S(=O)(=O)c1ccc(C)cc1)C1C=CCC1S2. The van der Waals surface area contributed by atoms with Gasteiger partial charge in [-0.3, -0.25) is 4.31 Å². The number of anilines is 1. The highest BCUT2D eigenvalue weighted by Gasteiger charge is 2.43. The van der Waals surface area contributed by atoms with Gasteiger partial charge < -0.3 is 9.47 Å². The number of fused-ring (bicyclic) bond motifs is 2. The lowest BCUT2D eigenvalue weighted by molar-refractivity contribution is 0.387. The van der Waals surface area contributed by atoms with Crippen molar-refractivity contribution in [2.24, 2.45) is 0 Å². The second kappa shape index (κ2) is 6.80. The largest absolute Gasteiger partial charge is 0.497 e. The molecule has 1 heterocycles. The van der Waals surface area contributed by atoms with Gasteiger partial charge in [0.25, 0.3) is 10.0 Å². The Kier molecular flexibility index (Phi) is 4.60. The molecule has 0 N–H and O–H groups in total. The molecular weight excluding hydrogens is 382 g/mol. The summed E-state index contributed by atoms with van der Waals surface area (Å²) < 4.78 is 39.7. The lowest BCUT2D eigenvalue weighted by Gasteiger charge is -2.39. The second-order valence-electron chi connectivity index (χ2n) is 6.60. The van der Waals surface area contributed by atoms with Crippen LogP contribution in [0.4, 0.5) is 5.69 Å². The minimum atomic E-state index is -3.74. The maximum atomic E-state index is 13.6. The molecule has 0 saturated heterocycles. The number of methoxy groups -OCH3 is 2. The summed E-state index contributed by atoms with van der Waals surface area (Å²) in [6.45, 7) is 1.94. The molecule has 0 fully saturated rings. The lowest BCUT2D eigenvalue weighted by atomic mass is 10.2. The van der Waals surface area contributed by atoms with Crippen LogP contribution in [0.1, 0.15) is 12.0 Å². The van der Waals surface area contributed by atoms with Crippen LogP contribution in [0, 0.1) is 6.92 Å². The number of benzene rings is 2. The van der Waals surface area contributed by atoms with Gasteiger partial charge in [-0.2, -0.15) is 0 Å². The van der Waals surface area contributed by atoms with E-state index in [4.69, 9.17) is 9.47 Å². The fraction of sp³-hybridized carbons (Fsp3) is 0.300. The molecule has 7 heteroatoms. The van der Waals surface area contributed by atoms with Gasteiger partial charge in [0.2, 0.25) is 0 Å². The maximum absolute atomic E-state index is 13.6. The summed E-state index contributed by atoms with van der Waals surface area (Å²) >= 11 is 1.67. The maximum Gasteiger partial charge on any atom is 0.264 e. The van der Waals surface area contributed by atoms with Crippen LogP contribution in [-0.2, 0) is 10.0 Å². The van der Waals surface area contributed by atoms with E-state index in [1.54, 1.807) is 50.2 Å². The van der Waals surface area contributed by atoms with Crippen molar-refractivity contribution in [1.82, 2.24) is 0 Å². The number of ether oxygens (including phenoxy) is 2. The molecular formula is C20H21NO4S2. The van der Waals surface area contributed by atoms with E-state index in [2.05, 4.69) is 6.08 Å². The van der Waals surface area contributed by atoms with E-state index in [1.165, 1.54) is 4.31 Å². The molecule has 2 aromatic carbocycles. The molecule has 1 aliphatic carbocycles. The van der Waals surface area contributed by atoms with Crippen LogP contribution in [0.15, 0.2) is 58.3 Å². The number of hydrogen-bond acceptors (Lipinski definition) is 5. The summed E-state index contributed by atoms with van der Waals surface area (Å²) in [5, 5.41) is 0.125. The first-order valence-electron chi connectivity index (χ1n) is 8.66. The number of allylic oxidation sites excluding steroid dienone is 1. The molecule has 2 aromatic rings. The number of hydrogen-bond donors (Lipinski definition) is 0. The van der Waals surface area contributed by atoms with E-state index < -0.39 is 10.0 Å². The van der Waals surface area contributed by atoms with Gasteiger partial charge in [-0.25, -0.2) is 8.42 Å². The van der Waals surface area contributed by atoms with Gasteiger partial charge in [0, 0.05) is 17.4 Å². The third-order valence-corrected chi connectivity index (χ3v) is 8.15. The van der Waals surface area contributed by atoms with Gasteiger partial charge in [0.05, 0.1) is 35.7 Å². The molecule has 0 bridgehead atoms. The first kappa shape index (κ1) is 18.3. The van der Waals surface area contributed by atoms with Gasteiger partial charge in [-0.1, -0.05) is 29.8 Å². The van der Waals surface area contributed by atoms with Crippen LogP contribution in [0.25, 0.3) is 0 Å². The average molecular weight is 404 g/mol. The predicted octanol–water partition coefficient (Wildman–Crippen LogP) is 4.01. The fourth-order valence-electron chi connectivity index (χ4n) is 3.50. The molecule has 2 unspecified atom stereocenters. The normalized spacial score (nSPS) is 20.9. The van der Waals surface area contributed by atoms with Gasteiger partial charge in [0.1, 0.15) is 11.5 Å². The summed E-state index contributed by atoms with van der Waals surface area (Å²) in [5.74, 6) is 1.19. The van der Waals surface area contributed by atoms with Crippen molar-refractivity contribution in [3.63, 3.8) is 0 Å². The highest BCUT2D eigenvalue weighted by Crippen LogP contribution is 2.52. The van der Waals surface area contributed by atoms with Gasteiger partial charge >= 0.3 is 0 Å². The van der Waals surface area contributed by atoms with Crippen molar-refractivity contribution in [1.29, 1.82) is 0 Å². The van der Waals surface area contributed by atoms with E-state index in [-0.39, 0.29) is 16.2 Å². The summed E-state index contributed by atoms with van der Waals surface area (Å²) in [7, 11) is -0.584. The van der Waals surface area contributed by atoms with Crippen LogP contribution in [0.5, 0.6) is 11.5 Å². The lowest BCUT2D eigenvalue weighted by Crippen LogP contribution is -2.46. The minimum absolute atomic E-state index is 0.125. The Labute approximate surface area is 164 Å². The van der Waals surface area contributed by atoms with Crippen LogP contribution in [0.2, 0.25) is 0 Å². The highest BCUT2D eigenvalue weighted by atomic mass is 32.2. The molecule has 0 radical (unpaired) electrons. The first-order chi connectivity index (χ1) is 13.0. The van der Waals surface area contributed by atoms with Crippen molar-refractivity contribution < 1.29 is 17.9 Å². The molecule has 0 spiro atoms. The molecule has 1 aliphatic heterocycles. The second-order valence-corrected chi connectivity index (χ2v) is 9.67. The van der Waals surface area contributed by atoms with E-state index in [0.29, 0.717) is 17.2 Å². The zero-order chi connectivity index (χ0) is 19.2. The number of nitrogens with zero attached hydrogens (tertiary/aromatic N) is 1. The van der Waals surface area contributed by atoms with Crippen molar-refractivity contribution in [2.45, 2.75) is 34.4 Å². The topological polar surface area (TPSA) is 55.8 Å². The van der Waals surface area contributed by atoms with Crippen LogP contribution >= 0.6 is 11.8 Å². The van der Waals surface area contributed by atoms with Gasteiger partial charge in [-0.05, 0) is 25.5 Å². The Morgan fingerprint density at radius 3 is 2.52 bits per heavy atom. The number of rotatable bonds is 4. The molecule has 4 rings (SSSR count). The average Bonchev–Trinajstić information content (AvgIpc) is 3.13. The van der Waals surface area contributed by atoms with Crippen molar-refractivity contribution >= 4 is 27.5 Å². The van der Waals surface area contributed by atoms with Crippen LogP contribution in [0.3, 0.4) is 0 Å². The van der Waals surface area contributed by atoms with E-state index >= 15 is 0 Å². The standard InChI is InChI=1S/C20H21NO4S2/c1-13-7-9-15(10-8-13)27(22,23)21-16-5-4-6-19(16)26-20-17(21)11-14(24-2)12-18(20)25-3/h4-5,7-12,16,19H,6H2,1-3H3. The number of aryl methyl sites for hydroxylation is 1. The molecule has 0 saturated carbocycles. The quantitative estimate of drug-likeness (QED) is 0.722. The van der Waals surface area contributed by atoms with Crippen molar-refractivity contribution in [2.75, 3.05) is 18.5 Å². The Balaban J connectivity index is 1.93. The predicted molar refractivity (Wildman–Crippen MR) is 108 cm³/mol. The molecule has 142 valence electrons. The monoisotopic (exact) mass is 403 g/mol. The number of sulfonamides is 1. The Morgan fingerprint density at radius 2 is 1.85 bits per heavy atom. The summed E-state index contributed by atoms with van der Waals surface area (Å²) in [6.07, 6.45) is 4.86. The van der Waals surface area contributed by atoms with E-state index in [0.717, 1.165) is 16.9 Å². The third kappa shape index (κ3) is 2.99. The van der Waals surface area contributed by atoms with E-state index in [1.807, 2.05) is 25.1 Å². The van der Waals surface area contributed by atoms with Gasteiger partial charge in [-0.15, -0.1) is 11.8 Å². The Hall–Kier alpha value is -2.12. The number of thioether (sulfide) groups is 1. The molecule has 5 nitrogen and oxygen atoms in total. The molecule has 0 aromatic heterocycles. The summed E-state index contributed by atoms with van der Waals surface area (Å²) in [5.41, 5.74) is 1.62. The zero-order valence-electron chi connectivity index (χ0n) is 15.4. The first-order valence-corrected chi connectivity index (χ1v) is 11.0. The summed E-state index contributed by atoms with van der Waals surface area (Å²) in [4.78, 5) is 1.12. The van der Waals surface area contributed by atoms with Crippen molar-refractivity contribution in [3.05, 3.63) is 54.1 Å². The Morgan fingerprint density at radius 1 is 1.11 bits per heavy atom. The van der Waals surface area contributed by atoms with Crippen LogP contribution < -0.4 is 13.8 Å². The Bertz CT molecular complexity index is 999. The highest BCUT2D eigenvalue weighted by molar-refractivity contribution is 8.00. The van der Waals surface area contributed by atoms with Crippen LogP contribution in [-0.4, -0.2) is 33.9 Å². The van der Waals surface area contributed by atoms with Gasteiger partial charge in [0.15, 0.2) is 0 Å². The van der Waals surface area contributed by atoms with Crippen molar-refractivity contribution in [3.8, 4) is 11.5 Å². The van der Waals surface area contributed by atoms with E-state index in [9.17, 15) is 8.42 Å². The third-order valence-electron chi connectivity index (χ3n) is 4.90. The minimum Gasteiger partial charge on any atom is -0.497 e.